The van der Waals surface area contributed by atoms with Crippen molar-refractivity contribution in [1.29, 1.82) is 0 Å². The minimum Gasteiger partial charge on any atom is -0.480 e. The van der Waals surface area contributed by atoms with Crippen molar-refractivity contribution in [1.82, 2.24) is 9.88 Å². The molecule has 126 valence electrons. The predicted octanol–water partition coefficient (Wildman–Crippen LogP) is 2.65. The molecule has 1 aromatic heterocycles. The van der Waals surface area contributed by atoms with Crippen molar-refractivity contribution in [3.05, 3.63) is 42.3 Å². The standard InChI is InChI=1S/C17H18N2O4S/c20-15(19-8-4-7-14(19)17(21)22)11-24-10-13-9-23-16(18-13)12-5-2-1-3-6-12/h1-3,5-6,9,14H,4,7-8,10-11H2,(H,21,22)/t14-/m1/s1. The normalized spacial score (nSPS) is 17.2. The second kappa shape index (κ2) is 7.53. The summed E-state index contributed by atoms with van der Waals surface area (Å²) in [6.07, 6.45) is 2.88. The number of thioether (sulfide) groups is 1. The third-order valence-corrected chi connectivity index (χ3v) is 4.86. The van der Waals surface area contributed by atoms with E-state index in [0.717, 1.165) is 17.7 Å². The van der Waals surface area contributed by atoms with E-state index in [4.69, 9.17) is 9.52 Å². The zero-order valence-electron chi connectivity index (χ0n) is 13.1. The maximum absolute atomic E-state index is 12.2. The third-order valence-electron chi connectivity index (χ3n) is 3.91. The molecule has 1 atom stereocenters. The van der Waals surface area contributed by atoms with Gasteiger partial charge in [-0.2, -0.15) is 0 Å². The van der Waals surface area contributed by atoms with Gasteiger partial charge in [0, 0.05) is 17.9 Å². The summed E-state index contributed by atoms with van der Waals surface area (Å²) in [5, 5.41) is 9.12. The molecule has 1 N–H and O–H groups in total. The smallest absolute Gasteiger partial charge is 0.326 e. The molecule has 1 saturated heterocycles. The highest BCUT2D eigenvalue weighted by atomic mass is 32.2. The van der Waals surface area contributed by atoms with Crippen molar-refractivity contribution in [3.8, 4) is 11.5 Å². The van der Waals surface area contributed by atoms with Crippen LogP contribution >= 0.6 is 11.8 Å². The van der Waals surface area contributed by atoms with Crippen molar-refractivity contribution in [2.24, 2.45) is 0 Å². The Hall–Kier alpha value is -2.28. The van der Waals surface area contributed by atoms with E-state index in [0.29, 0.717) is 24.6 Å². The number of amides is 1. The molecule has 0 saturated carbocycles. The van der Waals surface area contributed by atoms with Gasteiger partial charge < -0.3 is 14.4 Å². The molecule has 0 radical (unpaired) electrons. The highest BCUT2D eigenvalue weighted by Crippen LogP contribution is 2.22. The van der Waals surface area contributed by atoms with E-state index in [9.17, 15) is 9.59 Å². The van der Waals surface area contributed by atoms with Crippen molar-refractivity contribution in [2.75, 3.05) is 12.3 Å². The largest absolute Gasteiger partial charge is 0.480 e. The van der Waals surface area contributed by atoms with E-state index in [1.807, 2.05) is 30.3 Å². The van der Waals surface area contributed by atoms with Gasteiger partial charge in [0.05, 0.1) is 11.4 Å². The van der Waals surface area contributed by atoms with Gasteiger partial charge in [-0.05, 0) is 25.0 Å². The number of rotatable bonds is 6. The Morgan fingerprint density at radius 1 is 1.33 bits per heavy atom. The van der Waals surface area contributed by atoms with Gasteiger partial charge in [0.2, 0.25) is 11.8 Å². The maximum atomic E-state index is 12.2. The number of aliphatic carboxylic acids is 1. The van der Waals surface area contributed by atoms with Gasteiger partial charge >= 0.3 is 5.97 Å². The topological polar surface area (TPSA) is 83.6 Å². The lowest BCUT2D eigenvalue weighted by Gasteiger charge is -2.21. The van der Waals surface area contributed by atoms with Gasteiger partial charge in [-0.15, -0.1) is 11.8 Å². The SMILES string of the molecule is O=C(O)[C@H]1CCCN1C(=O)CSCc1coc(-c2ccccc2)n1. The lowest BCUT2D eigenvalue weighted by atomic mass is 10.2. The highest BCUT2D eigenvalue weighted by Gasteiger charge is 2.33. The molecular formula is C17H18N2O4S. The van der Waals surface area contributed by atoms with Gasteiger partial charge in [-0.25, -0.2) is 9.78 Å². The van der Waals surface area contributed by atoms with Gasteiger partial charge in [0.1, 0.15) is 12.3 Å². The van der Waals surface area contributed by atoms with Gasteiger partial charge in [-0.3, -0.25) is 4.79 Å². The number of nitrogens with zero attached hydrogens (tertiary/aromatic N) is 2. The number of carboxylic acids is 1. The Balaban J connectivity index is 1.51. The zero-order chi connectivity index (χ0) is 16.9. The number of benzene rings is 1. The van der Waals surface area contributed by atoms with Crippen molar-refractivity contribution in [2.45, 2.75) is 24.6 Å². The Bertz CT molecular complexity index is 716. The summed E-state index contributed by atoms with van der Waals surface area (Å²) in [6, 6.07) is 8.94. The van der Waals surface area contributed by atoms with Gasteiger partial charge in [-0.1, -0.05) is 18.2 Å². The first kappa shape index (κ1) is 16.6. The number of likely N-dealkylation sites (tertiary alicyclic amines) is 1. The Morgan fingerprint density at radius 2 is 2.12 bits per heavy atom. The molecular weight excluding hydrogens is 328 g/mol. The first-order chi connectivity index (χ1) is 11.6. The monoisotopic (exact) mass is 346 g/mol. The fourth-order valence-corrected chi connectivity index (χ4v) is 3.52. The zero-order valence-corrected chi connectivity index (χ0v) is 13.9. The minimum atomic E-state index is -0.921. The summed E-state index contributed by atoms with van der Waals surface area (Å²) in [4.78, 5) is 29.2. The fraction of sp³-hybridized carbons (Fsp3) is 0.353. The van der Waals surface area contributed by atoms with E-state index in [1.165, 1.54) is 16.7 Å². The Labute approximate surface area is 143 Å². The molecule has 0 unspecified atom stereocenters. The van der Waals surface area contributed by atoms with E-state index in [1.54, 1.807) is 6.26 Å². The van der Waals surface area contributed by atoms with E-state index >= 15 is 0 Å². The molecule has 3 rings (SSSR count). The molecule has 0 aliphatic carbocycles. The number of carbonyl (C=O) groups excluding carboxylic acids is 1. The molecule has 1 aliphatic heterocycles. The quantitative estimate of drug-likeness (QED) is 0.866. The second-order valence-electron chi connectivity index (χ2n) is 5.59. The van der Waals surface area contributed by atoms with Crippen LogP contribution in [-0.4, -0.2) is 45.2 Å². The predicted molar refractivity (Wildman–Crippen MR) is 90.5 cm³/mol. The Morgan fingerprint density at radius 3 is 2.88 bits per heavy atom. The lowest BCUT2D eigenvalue weighted by Crippen LogP contribution is -2.41. The summed E-state index contributed by atoms with van der Waals surface area (Å²) in [5.41, 5.74) is 1.68. The number of hydrogen-bond donors (Lipinski definition) is 1. The van der Waals surface area contributed by atoms with Crippen LogP contribution in [0.25, 0.3) is 11.5 Å². The molecule has 7 heteroatoms. The summed E-state index contributed by atoms with van der Waals surface area (Å²) in [6.45, 7) is 0.526. The van der Waals surface area contributed by atoms with E-state index in [-0.39, 0.29) is 11.7 Å². The number of carbonyl (C=O) groups is 2. The van der Waals surface area contributed by atoms with Crippen LogP contribution in [0.4, 0.5) is 0 Å². The van der Waals surface area contributed by atoms with E-state index < -0.39 is 12.0 Å². The molecule has 1 amide bonds. The summed E-state index contributed by atoms with van der Waals surface area (Å²) < 4.78 is 5.46. The number of hydrogen-bond acceptors (Lipinski definition) is 5. The average Bonchev–Trinajstić information content (AvgIpc) is 3.25. The number of oxazole rings is 1. The van der Waals surface area contributed by atoms with Crippen LogP contribution in [0.5, 0.6) is 0 Å². The first-order valence-electron chi connectivity index (χ1n) is 7.75. The van der Waals surface area contributed by atoms with Crippen LogP contribution in [0.15, 0.2) is 41.0 Å². The molecule has 2 heterocycles. The molecule has 1 fully saturated rings. The molecule has 0 spiro atoms. The fourth-order valence-electron chi connectivity index (χ4n) is 2.73. The molecule has 0 bridgehead atoms. The molecule has 1 aliphatic rings. The summed E-state index contributed by atoms with van der Waals surface area (Å²) >= 11 is 1.42. The maximum Gasteiger partial charge on any atom is 0.326 e. The molecule has 24 heavy (non-hydrogen) atoms. The third kappa shape index (κ3) is 3.79. The molecule has 6 nitrogen and oxygen atoms in total. The van der Waals surface area contributed by atoms with Gasteiger partial charge in [0.25, 0.3) is 0 Å². The van der Waals surface area contributed by atoms with Crippen LogP contribution in [0.3, 0.4) is 0 Å². The lowest BCUT2D eigenvalue weighted by molar-refractivity contribution is -0.147. The summed E-state index contributed by atoms with van der Waals surface area (Å²) in [5.74, 6) is 0.305. The first-order valence-corrected chi connectivity index (χ1v) is 8.90. The minimum absolute atomic E-state index is 0.128. The second-order valence-corrected chi connectivity index (χ2v) is 6.57. The average molecular weight is 346 g/mol. The van der Waals surface area contributed by atoms with Crippen LogP contribution in [-0.2, 0) is 15.3 Å². The Kier molecular flexibility index (Phi) is 5.20. The van der Waals surface area contributed by atoms with Gasteiger partial charge in [0.15, 0.2) is 0 Å². The number of carboxylic acid groups (broad SMARTS) is 1. The highest BCUT2D eigenvalue weighted by molar-refractivity contribution is 7.99. The van der Waals surface area contributed by atoms with Crippen molar-refractivity contribution < 1.29 is 19.1 Å². The molecule has 1 aromatic carbocycles. The molecule has 2 aromatic rings. The van der Waals surface area contributed by atoms with Crippen LogP contribution in [0.2, 0.25) is 0 Å². The van der Waals surface area contributed by atoms with Crippen LogP contribution in [0, 0.1) is 0 Å². The van der Waals surface area contributed by atoms with Crippen molar-refractivity contribution in [3.63, 3.8) is 0 Å². The van der Waals surface area contributed by atoms with Crippen LogP contribution in [0.1, 0.15) is 18.5 Å². The van der Waals surface area contributed by atoms with Crippen molar-refractivity contribution >= 4 is 23.6 Å². The number of aromatic nitrogens is 1. The summed E-state index contributed by atoms with van der Waals surface area (Å²) in [7, 11) is 0. The van der Waals surface area contributed by atoms with E-state index in [2.05, 4.69) is 4.98 Å². The van der Waals surface area contributed by atoms with Crippen LogP contribution < -0.4 is 0 Å².